The molecule has 1 amide bonds. The Kier molecular flexibility index (Phi) is 10.9. The first kappa shape index (κ1) is 35.8. The first-order valence-electron chi connectivity index (χ1n) is 15.0. The van der Waals surface area contributed by atoms with Crippen molar-refractivity contribution in [2.75, 3.05) is 30.0 Å². The minimum atomic E-state index is -4.46. The summed E-state index contributed by atoms with van der Waals surface area (Å²) in [5.74, 6) is -0.504. The average molecular weight is 721 g/mol. The first-order valence-corrected chi connectivity index (χ1v) is 16.9. The summed E-state index contributed by atoms with van der Waals surface area (Å²) in [7, 11) is -2.87. The van der Waals surface area contributed by atoms with Gasteiger partial charge in [-0.25, -0.2) is 18.7 Å². The Morgan fingerprint density at radius 1 is 1.12 bits per heavy atom. The molecule has 3 heterocycles. The molecule has 19 heteroatoms. The fraction of sp³-hybridized carbons (Fsp3) is 0.367. The van der Waals surface area contributed by atoms with Crippen molar-refractivity contribution in [1.82, 2.24) is 24.6 Å². The van der Waals surface area contributed by atoms with Crippen molar-refractivity contribution in [2.45, 2.75) is 56.5 Å². The normalized spacial score (nSPS) is 22.3. The van der Waals surface area contributed by atoms with E-state index >= 15 is 4.39 Å². The van der Waals surface area contributed by atoms with E-state index in [1.54, 1.807) is 69.4 Å². The summed E-state index contributed by atoms with van der Waals surface area (Å²) < 4.78 is 60.3. The van der Waals surface area contributed by atoms with Gasteiger partial charge in [-0.3, -0.25) is 19.2 Å². The molecule has 1 fully saturated rings. The Balaban J connectivity index is 1.46. The van der Waals surface area contributed by atoms with Gasteiger partial charge in [0.2, 0.25) is 5.95 Å². The maximum Gasteiger partial charge on any atom is 0.459 e. The molecule has 1 saturated heterocycles. The number of hydrogen-bond acceptors (Lipinski definition) is 13. The van der Waals surface area contributed by atoms with Gasteiger partial charge in [-0.1, -0.05) is 48.0 Å². The minimum Gasteiger partial charge on any atom is -0.462 e. The van der Waals surface area contributed by atoms with E-state index < -0.39 is 62.1 Å². The predicted octanol–water partition coefficient (Wildman–Crippen LogP) is 5.00. The summed E-state index contributed by atoms with van der Waals surface area (Å²) in [6.07, 6.45) is -5.44. The van der Waals surface area contributed by atoms with E-state index in [-0.39, 0.29) is 28.7 Å². The van der Waals surface area contributed by atoms with Gasteiger partial charge in [0.25, 0.3) is 5.13 Å². The smallest absolute Gasteiger partial charge is 0.459 e. The number of nitrogens with two attached hydrogens (primary N) is 1. The number of benzene rings is 2. The molecular weight excluding hydrogens is 686 g/mol. The second kappa shape index (κ2) is 14.9. The van der Waals surface area contributed by atoms with Gasteiger partial charge < -0.3 is 29.8 Å². The molecule has 1 aliphatic heterocycles. The number of nitrogens with one attached hydrogen (secondary N) is 3. The summed E-state index contributed by atoms with van der Waals surface area (Å²) >= 11 is 6.53. The Hall–Kier alpha value is -4.54. The van der Waals surface area contributed by atoms with Gasteiger partial charge in [0.15, 0.2) is 29.3 Å². The largest absolute Gasteiger partial charge is 0.462 e. The molecule has 49 heavy (non-hydrogen) atoms. The molecule has 6 atom stereocenters. The lowest BCUT2D eigenvalue weighted by molar-refractivity contribution is -0.149. The molecule has 1 aliphatic rings. The Labute approximate surface area is 285 Å². The third-order valence-electron chi connectivity index (χ3n) is 6.97. The van der Waals surface area contributed by atoms with Crippen LogP contribution in [0.5, 0.6) is 5.75 Å². The van der Waals surface area contributed by atoms with Crippen LogP contribution >= 0.6 is 19.3 Å². The van der Waals surface area contributed by atoms with Crippen molar-refractivity contribution >= 4 is 60.0 Å². The van der Waals surface area contributed by atoms with Crippen molar-refractivity contribution in [3.63, 3.8) is 0 Å². The van der Waals surface area contributed by atoms with Crippen LogP contribution in [0.25, 0.3) is 11.2 Å². The zero-order valence-corrected chi connectivity index (χ0v) is 28.4. The maximum atomic E-state index is 16.8. The molecule has 1 unspecified atom stereocenters. The third-order valence-corrected chi connectivity index (χ3v) is 9.01. The zero-order valence-electron chi connectivity index (χ0n) is 26.8. The molecule has 0 bridgehead atoms. The van der Waals surface area contributed by atoms with Gasteiger partial charge in [0.05, 0.1) is 19.0 Å². The standard InChI is InChI=1S/C30H35ClFN8O8P/c1-17(2)45-26(41)18(3)39-49(43,48-20-13-9-6-10-14-20)44-15-21-23(47-29(42)36-19-11-7-5-8-12-19)30(31,32)27(46-21)40-16-35-22-24(34-4)37-28(33)38-25(22)40/h5-14,16-18,21,23,27H,15H2,1-4H3,(H,36,42)(H,39,43)(H3,33,34,37,38)/t18-,21+,23+,27+,30+,49?/m0/s1. The lowest BCUT2D eigenvalue weighted by Gasteiger charge is -2.27. The summed E-state index contributed by atoms with van der Waals surface area (Å²) in [6, 6.07) is 15.1. The third kappa shape index (κ3) is 8.37. The number of para-hydroxylation sites is 2. The van der Waals surface area contributed by atoms with Crippen molar-refractivity contribution in [2.24, 2.45) is 0 Å². The highest BCUT2D eigenvalue weighted by atomic mass is 35.5. The molecule has 0 spiro atoms. The van der Waals surface area contributed by atoms with E-state index in [4.69, 9.17) is 40.6 Å². The van der Waals surface area contributed by atoms with Gasteiger partial charge in [0.1, 0.15) is 17.9 Å². The van der Waals surface area contributed by atoms with Crippen LogP contribution in [0.15, 0.2) is 67.0 Å². The SMILES string of the molecule is CNc1nc(N)nc2c1ncn2[C@@H]1O[C@H](COP(=O)(N[C@@H](C)C(=O)OC(C)C)Oc2ccccc2)[C@@H](OC(=O)Nc2ccccc2)[C@]1(F)Cl. The summed E-state index contributed by atoms with van der Waals surface area (Å²) in [6.45, 7) is 4.00. The highest BCUT2D eigenvalue weighted by molar-refractivity contribution is 7.52. The van der Waals surface area contributed by atoms with Crippen LogP contribution < -0.4 is 26.0 Å². The second-order valence-corrected chi connectivity index (χ2v) is 13.3. The lowest BCUT2D eigenvalue weighted by atomic mass is 10.1. The molecule has 0 aliphatic carbocycles. The van der Waals surface area contributed by atoms with E-state index in [0.29, 0.717) is 5.69 Å². The number of hydrogen-bond donors (Lipinski definition) is 4. The van der Waals surface area contributed by atoms with Crippen LogP contribution in [0.4, 0.5) is 26.6 Å². The average Bonchev–Trinajstić information content (AvgIpc) is 3.57. The second-order valence-electron chi connectivity index (χ2n) is 11.1. The molecule has 0 radical (unpaired) electrons. The number of esters is 1. The van der Waals surface area contributed by atoms with Crippen LogP contribution in [0.1, 0.15) is 27.0 Å². The number of halogens is 2. The van der Waals surface area contributed by atoms with Crippen molar-refractivity contribution in [3.8, 4) is 5.75 Å². The van der Waals surface area contributed by atoms with Crippen LogP contribution in [-0.2, 0) is 28.1 Å². The topological polar surface area (TPSA) is 203 Å². The summed E-state index contributed by atoms with van der Waals surface area (Å²) in [5, 5.41) is 4.89. The number of carbonyl (C=O) groups excluding carboxylic acids is 2. The molecule has 0 saturated carbocycles. The number of aromatic nitrogens is 4. The highest BCUT2D eigenvalue weighted by Crippen LogP contribution is 2.50. The first-order chi connectivity index (χ1) is 23.3. The number of ether oxygens (including phenoxy) is 3. The van der Waals surface area contributed by atoms with Gasteiger partial charge in [-0.05, 0) is 45.0 Å². The Bertz CT molecular complexity index is 1820. The molecule has 2 aromatic carbocycles. The van der Waals surface area contributed by atoms with Gasteiger partial charge in [-0.15, -0.1) is 0 Å². The number of anilines is 3. The molecular formula is C30H35ClFN8O8P. The number of nitrogens with zero attached hydrogens (tertiary/aromatic N) is 4. The fourth-order valence-electron chi connectivity index (χ4n) is 4.82. The number of rotatable bonds is 13. The Morgan fingerprint density at radius 3 is 2.45 bits per heavy atom. The van der Waals surface area contributed by atoms with E-state index in [0.717, 1.165) is 4.57 Å². The summed E-state index contributed by atoms with van der Waals surface area (Å²) in [4.78, 5) is 38.1. The fourth-order valence-corrected chi connectivity index (χ4v) is 6.66. The number of imidazole rings is 1. The number of nitrogen functional groups attached to an aromatic ring is 1. The van der Waals surface area contributed by atoms with Crippen LogP contribution in [0, 0.1) is 0 Å². The highest BCUT2D eigenvalue weighted by Gasteiger charge is 2.61. The monoisotopic (exact) mass is 720 g/mol. The predicted molar refractivity (Wildman–Crippen MR) is 178 cm³/mol. The number of alkyl halides is 2. The minimum absolute atomic E-state index is 0.0517. The number of carbonyl (C=O) groups is 2. The molecule has 16 nitrogen and oxygen atoms in total. The number of amides is 1. The summed E-state index contributed by atoms with van der Waals surface area (Å²) in [5.41, 5.74) is 6.51. The van der Waals surface area contributed by atoms with E-state index in [9.17, 15) is 14.2 Å². The van der Waals surface area contributed by atoms with Crippen LogP contribution in [-0.4, -0.2) is 74.7 Å². The van der Waals surface area contributed by atoms with Gasteiger partial charge >= 0.3 is 19.8 Å². The molecule has 4 aromatic rings. The van der Waals surface area contributed by atoms with Crippen molar-refractivity contribution in [1.29, 1.82) is 0 Å². The van der Waals surface area contributed by atoms with Crippen LogP contribution in [0.3, 0.4) is 0 Å². The van der Waals surface area contributed by atoms with E-state index in [2.05, 4.69) is 30.7 Å². The van der Waals surface area contributed by atoms with E-state index in [1.165, 1.54) is 25.4 Å². The molecule has 5 rings (SSSR count). The van der Waals surface area contributed by atoms with Crippen molar-refractivity contribution in [3.05, 3.63) is 67.0 Å². The molecule has 262 valence electrons. The Morgan fingerprint density at radius 2 is 1.80 bits per heavy atom. The van der Waals surface area contributed by atoms with E-state index in [1.807, 2.05) is 0 Å². The number of fused-ring (bicyclic) bond motifs is 1. The molecule has 5 N–H and O–H groups in total. The quantitative estimate of drug-likeness (QED) is 0.0816. The van der Waals surface area contributed by atoms with Gasteiger partial charge in [-0.2, -0.15) is 15.1 Å². The molecule has 2 aromatic heterocycles. The van der Waals surface area contributed by atoms with Gasteiger partial charge in [0, 0.05) is 12.7 Å². The maximum absolute atomic E-state index is 16.8. The van der Waals surface area contributed by atoms with Crippen molar-refractivity contribution < 1.29 is 41.8 Å². The zero-order chi connectivity index (χ0) is 35.3. The van der Waals surface area contributed by atoms with Crippen LogP contribution in [0.2, 0.25) is 0 Å². The lowest BCUT2D eigenvalue weighted by Crippen LogP contribution is -2.43.